The fourth-order valence-corrected chi connectivity index (χ4v) is 4.90. The number of phenolic OH excluding ortho intramolecular Hbond substituents is 1. The van der Waals surface area contributed by atoms with Gasteiger partial charge < -0.3 is 10.4 Å². The Bertz CT molecular complexity index is 467. The first-order chi connectivity index (χ1) is 9.06. The van der Waals surface area contributed by atoms with Crippen molar-refractivity contribution in [3.63, 3.8) is 0 Å². The fraction of sp³-hybridized carbons (Fsp3) is 0.500. The second kappa shape index (κ2) is 6.85. The summed E-state index contributed by atoms with van der Waals surface area (Å²) >= 11 is 10.1. The molecule has 2 rings (SSSR count). The molecule has 106 valence electrons. The van der Waals surface area contributed by atoms with E-state index in [1.807, 2.05) is 0 Å². The molecule has 1 atom stereocenters. The standard InChI is InChI=1S/C12H14Br3FN2O/c13-7-5-8(14)12(19)11(15)10(7)9(6-16)18-3-1-17-2-4-18/h5,9,17,19H,1-4,6H2/t9-/m0/s1. The summed E-state index contributed by atoms with van der Waals surface area (Å²) in [6, 6.07) is 1.39. The van der Waals surface area contributed by atoms with Crippen molar-refractivity contribution in [2.75, 3.05) is 32.9 Å². The minimum atomic E-state index is -0.488. The predicted molar refractivity (Wildman–Crippen MR) is 84.4 cm³/mol. The SMILES string of the molecule is Oc1c(Br)cc(Br)c([C@H](CF)N2CCNCC2)c1Br. The zero-order valence-corrected chi connectivity index (χ0v) is 14.9. The lowest BCUT2D eigenvalue weighted by molar-refractivity contribution is 0.146. The first-order valence-corrected chi connectivity index (χ1v) is 8.31. The van der Waals surface area contributed by atoms with Gasteiger partial charge in [-0.25, -0.2) is 4.39 Å². The molecule has 0 aliphatic carbocycles. The van der Waals surface area contributed by atoms with Gasteiger partial charge in [-0.3, -0.25) is 4.90 Å². The molecule has 0 radical (unpaired) electrons. The van der Waals surface area contributed by atoms with Gasteiger partial charge in [-0.1, -0.05) is 15.9 Å². The van der Waals surface area contributed by atoms with E-state index >= 15 is 0 Å². The highest BCUT2D eigenvalue weighted by Gasteiger charge is 2.27. The molecule has 0 amide bonds. The maximum absolute atomic E-state index is 13.5. The molecule has 1 heterocycles. The van der Waals surface area contributed by atoms with Crippen molar-refractivity contribution >= 4 is 47.8 Å². The molecular weight excluding hydrogens is 447 g/mol. The van der Waals surface area contributed by atoms with Crippen molar-refractivity contribution in [1.82, 2.24) is 10.2 Å². The van der Waals surface area contributed by atoms with E-state index in [-0.39, 0.29) is 11.8 Å². The van der Waals surface area contributed by atoms with Crippen LogP contribution in [0.1, 0.15) is 11.6 Å². The molecule has 1 fully saturated rings. The second-order valence-corrected chi connectivity index (χ2v) is 6.87. The molecule has 0 aromatic heterocycles. The summed E-state index contributed by atoms with van der Waals surface area (Å²) in [6.45, 7) is 2.81. The van der Waals surface area contributed by atoms with Crippen molar-refractivity contribution in [2.24, 2.45) is 0 Å². The maximum atomic E-state index is 13.5. The van der Waals surface area contributed by atoms with Crippen LogP contribution in [0.15, 0.2) is 19.5 Å². The molecule has 1 aliphatic rings. The van der Waals surface area contributed by atoms with Crippen LogP contribution in [0.5, 0.6) is 5.75 Å². The normalized spacial score (nSPS) is 18.5. The molecule has 0 bridgehead atoms. The largest absolute Gasteiger partial charge is 0.506 e. The Labute approximate surface area is 136 Å². The van der Waals surface area contributed by atoms with Gasteiger partial charge in [-0.05, 0) is 37.9 Å². The first kappa shape index (κ1) is 15.7. The van der Waals surface area contributed by atoms with Gasteiger partial charge in [0.1, 0.15) is 12.4 Å². The molecular formula is C12H14Br3FN2O. The van der Waals surface area contributed by atoms with Crippen LogP contribution in [-0.2, 0) is 0 Å². The quantitative estimate of drug-likeness (QED) is 0.723. The van der Waals surface area contributed by atoms with E-state index in [4.69, 9.17) is 0 Å². The molecule has 0 saturated carbocycles. The molecule has 0 spiro atoms. The van der Waals surface area contributed by atoms with E-state index < -0.39 is 6.67 Å². The van der Waals surface area contributed by atoms with Gasteiger partial charge in [0.25, 0.3) is 0 Å². The molecule has 2 N–H and O–H groups in total. The van der Waals surface area contributed by atoms with Crippen LogP contribution in [-0.4, -0.2) is 42.9 Å². The average molecular weight is 461 g/mol. The Hall–Kier alpha value is 0.310. The van der Waals surface area contributed by atoms with Crippen LogP contribution >= 0.6 is 47.8 Å². The number of phenols is 1. The van der Waals surface area contributed by atoms with Gasteiger partial charge in [-0.2, -0.15) is 0 Å². The number of alkyl halides is 1. The summed E-state index contributed by atoms with van der Waals surface area (Å²) in [6.07, 6.45) is 0. The zero-order chi connectivity index (χ0) is 14.0. The number of hydrogen-bond acceptors (Lipinski definition) is 3. The minimum absolute atomic E-state index is 0.104. The lowest BCUT2D eigenvalue weighted by Crippen LogP contribution is -2.45. The van der Waals surface area contributed by atoms with Crippen LogP contribution in [0.3, 0.4) is 0 Å². The third-order valence-electron chi connectivity index (χ3n) is 3.25. The van der Waals surface area contributed by atoms with Gasteiger partial charge in [0.2, 0.25) is 0 Å². The monoisotopic (exact) mass is 458 g/mol. The van der Waals surface area contributed by atoms with Crippen LogP contribution < -0.4 is 5.32 Å². The Morgan fingerprint density at radius 3 is 2.47 bits per heavy atom. The van der Waals surface area contributed by atoms with E-state index in [2.05, 4.69) is 58.0 Å². The Kier molecular flexibility index (Phi) is 5.65. The second-order valence-electron chi connectivity index (χ2n) is 4.37. The van der Waals surface area contributed by atoms with Gasteiger partial charge in [0.05, 0.1) is 15.0 Å². The van der Waals surface area contributed by atoms with Crippen LogP contribution in [0, 0.1) is 0 Å². The predicted octanol–water partition coefficient (Wildman–Crippen LogP) is 3.60. The van der Waals surface area contributed by atoms with E-state index in [0.717, 1.165) is 36.2 Å². The van der Waals surface area contributed by atoms with Crippen molar-refractivity contribution < 1.29 is 9.50 Å². The fourth-order valence-electron chi connectivity index (χ4n) is 2.25. The molecule has 19 heavy (non-hydrogen) atoms. The van der Waals surface area contributed by atoms with Gasteiger partial charge in [0.15, 0.2) is 0 Å². The van der Waals surface area contributed by atoms with Crippen LogP contribution in [0.2, 0.25) is 0 Å². The summed E-state index contributed by atoms with van der Waals surface area (Å²) < 4.78 is 15.4. The summed E-state index contributed by atoms with van der Waals surface area (Å²) in [5.41, 5.74) is 0.755. The number of benzene rings is 1. The third kappa shape index (κ3) is 3.32. The number of piperazine rings is 1. The van der Waals surface area contributed by atoms with E-state index in [1.165, 1.54) is 0 Å². The van der Waals surface area contributed by atoms with Crippen molar-refractivity contribution in [2.45, 2.75) is 6.04 Å². The summed E-state index contributed by atoms with van der Waals surface area (Å²) in [7, 11) is 0. The summed E-state index contributed by atoms with van der Waals surface area (Å²) in [5.74, 6) is 0.104. The number of rotatable bonds is 3. The Balaban J connectivity index is 2.40. The molecule has 1 aliphatic heterocycles. The van der Waals surface area contributed by atoms with Crippen molar-refractivity contribution in [3.8, 4) is 5.75 Å². The molecule has 1 aromatic carbocycles. The number of hydrogen-bond donors (Lipinski definition) is 2. The number of nitrogens with zero attached hydrogens (tertiary/aromatic N) is 1. The lowest BCUT2D eigenvalue weighted by Gasteiger charge is -2.34. The van der Waals surface area contributed by atoms with E-state index in [9.17, 15) is 9.50 Å². The summed E-state index contributed by atoms with van der Waals surface area (Å²) in [4.78, 5) is 2.09. The minimum Gasteiger partial charge on any atom is -0.506 e. The molecule has 3 nitrogen and oxygen atoms in total. The highest BCUT2D eigenvalue weighted by Crippen LogP contribution is 2.43. The van der Waals surface area contributed by atoms with Crippen LogP contribution in [0.4, 0.5) is 4.39 Å². The molecule has 1 aromatic rings. The van der Waals surface area contributed by atoms with E-state index in [1.54, 1.807) is 6.07 Å². The van der Waals surface area contributed by atoms with Gasteiger partial charge >= 0.3 is 0 Å². The molecule has 7 heteroatoms. The number of halogens is 4. The zero-order valence-electron chi connectivity index (χ0n) is 10.1. The van der Waals surface area contributed by atoms with Crippen LogP contribution in [0.25, 0.3) is 0 Å². The molecule has 1 saturated heterocycles. The first-order valence-electron chi connectivity index (χ1n) is 5.93. The Morgan fingerprint density at radius 1 is 1.26 bits per heavy atom. The average Bonchev–Trinajstić information content (AvgIpc) is 2.42. The highest BCUT2D eigenvalue weighted by molar-refractivity contribution is 9.11. The topological polar surface area (TPSA) is 35.5 Å². The smallest absolute Gasteiger partial charge is 0.144 e. The van der Waals surface area contributed by atoms with E-state index in [0.29, 0.717) is 8.95 Å². The number of nitrogens with one attached hydrogen (secondary N) is 1. The van der Waals surface area contributed by atoms with Crippen molar-refractivity contribution in [1.29, 1.82) is 0 Å². The third-order valence-corrected chi connectivity index (χ3v) is 5.32. The van der Waals surface area contributed by atoms with Gasteiger partial charge in [0, 0.05) is 36.2 Å². The lowest BCUT2D eigenvalue weighted by atomic mass is 10.1. The Morgan fingerprint density at radius 2 is 1.89 bits per heavy atom. The molecule has 0 unspecified atom stereocenters. The highest BCUT2D eigenvalue weighted by atomic mass is 79.9. The van der Waals surface area contributed by atoms with Gasteiger partial charge in [-0.15, -0.1) is 0 Å². The maximum Gasteiger partial charge on any atom is 0.144 e. The number of aromatic hydroxyl groups is 1. The van der Waals surface area contributed by atoms with Crippen molar-refractivity contribution in [3.05, 3.63) is 25.0 Å². The summed E-state index contributed by atoms with van der Waals surface area (Å²) in [5, 5.41) is 13.2.